The van der Waals surface area contributed by atoms with Gasteiger partial charge in [0.15, 0.2) is 0 Å². The van der Waals surface area contributed by atoms with Crippen molar-refractivity contribution >= 4 is 22.5 Å². The number of hydrazine groups is 1. The quantitative estimate of drug-likeness (QED) is 0.664. The Hall–Kier alpha value is -1.91. The van der Waals surface area contributed by atoms with Crippen LogP contribution in [0.1, 0.15) is 6.42 Å². The number of nitrogens with zero attached hydrogens (tertiary/aromatic N) is 5. The number of nitrogens with two attached hydrogens (primary N) is 1. The third kappa shape index (κ3) is 3.60. The Balaban J connectivity index is 1.71. The van der Waals surface area contributed by atoms with Gasteiger partial charge >= 0.3 is 0 Å². The van der Waals surface area contributed by atoms with Crippen molar-refractivity contribution in [2.45, 2.75) is 12.0 Å². The average molecular weight is 353 g/mol. The Labute approximate surface area is 142 Å². The number of aliphatic imine (C=N–C) groups is 1. The number of hydrogen-bond acceptors (Lipinski definition) is 8. The predicted octanol–water partition coefficient (Wildman–Crippen LogP) is -1.10. The maximum absolute atomic E-state index is 11.6. The summed E-state index contributed by atoms with van der Waals surface area (Å²) in [5, 5.41) is 6.17. The van der Waals surface area contributed by atoms with E-state index in [1.165, 1.54) is 10.6 Å². The lowest BCUT2D eigenvalue weighted by Crippen LogP contribution is -2.61. The number of sulfonamides is 1. The molecule has 1 atom stereocenters. The van der Waals surface area contributed by atoms with Crippen LogP contribution in [-0.2, 0) is 10.0 Å². The zero-order chi connectivity index (χ0) is 17.2. The second kappa shape index (κ2) is 6.54. The van der Waals surface area contributed by atoms with E-state index in [2.05, 4.69) is 20.4 Å². The fourth-order valence-corrected chi connectivity index (χ4v) is 3.87. The Morgan fingerprint density at radius 3 is 2.62 bits per heavy atom. The predicted molar refractivity (Wildman–Crippen MR) is 93.6 cm³/mol. The van der Waals surface area contributed by atoms with Gasteiger partial charge in [-0.15, -0.1) is 0 Å². The van der Waals surface area contributed by atoms with E-state index in [0.717, 1.165) is 0 Å². The summed E-state index contributed by atoms with van der Waals surface area (Å²) in [4.78, 5) is 6.51. The van der Waals surface area contributed by atoms with E-state index in [1.807, 2.05) is 24.6 Å². The van der Waals surface area contributed by atoms with Crippen molar-refractivity contribution in [1.29, 1.82) is 0 Å². The maximum atomic E-state index is 11.6. The first-order chi connectivity index (χ1) is 11.4. The number of hydrogen-bond donors (Lipinski definition) is 2. The largest absolute Gasteiger partial charge is 0.384 e. The minimum atomic E-state index is -3.13. The molecule has 0 aliphatic carbocycles. The summed E-state index contributed by atoms with van der Waals surface area (Å²) in [5.74, 6) is 0.504. The van der Waals surface area contributed by atoms with Crippen LogP contribution in [0.4, 0.5) is 0 Å². The molecular formula is C14H23N7O2S. The molecule has 3 aliphatic rings. The van der Waals surface area contributed by atoms with Crippen molar-refractivity contribution in [3.8, 4) is 0 Å². The molecule has 9 nitrogen and oxygen atoms in total. The highest BCUT2D eigenvalue weighted by atomic mass is 32.2. The summed E-state index contributed by atoms with van der Waals surface area (Å²) in [6.45, 7) is 3.03. The van der Waals surface area contributed by atoms with Gasteiger partial charge in [-0.2, -0.15) is 14.5 Å². The molecule has 24 heavy (non-hydrogen) atoms. The molecule has 3 N–H and O–H groups in total. The molecule has 0 aromatic rings. The van der Waals surface area contributed by atoms with Gasteiger partial charge < -0.3 is 5.73 Å². The number of rotatable bonds is 4. The first-order valence-electron chi connectivity index (χ1n) is 7.83. The molecule has 132 valence electrons. The lowest BCUT2D eigenvalue weighted by molar-refractivity contribution is 0.0600. The smallest absolute Gasteiger partial charge is 0.211 e. The summed E-state index contributed by atoms with van der Waals surface area (Å²) >= 11 is 0. The zero-order valence-electron chi connectivity index (χ0n) is 13.7. The fraction of sp³-hybridized carbons (Fsp3) is 0.571. The van der Waals surface area contributed by atoms with Crippen LogP contribution in [0.3, 0.4) is 0 Å². The Kier molecular flexibility index (Phi) is 4.61. The minimum absolute atomic E-state index is 0.461. The van der Waals surface area contributed by atoms with E-state index in [4.69, 9.17) is 5.73 Å². The van der Waals surface area contributed by atoms with Crippen LogP contribution in [0.5, 0.6) is 0 Å². The van der Waals surface area contributed by atoms with Crippen molar-refractivity contribution in [3.05, 3.63) is 24.2 Å². The monoisotopic (exact) mass is 353 g/mol. The highest BCUT2D eigenvalue weighted by molar-refractivity contribution is 7.88. The van der Waals surface area contributed by atoms with Gasteiger partial charge in [-0.25, -0.2) is 13.4 Å². The van der Waals surface area contributed by atoms with Gasteiger partial charge in [-0.05, 0) is 12.2 Å². The van der Waals surface area contributed by atoms with Crippen LogP contribution in [-0.4, -0.2) is 79.7 Å². The highest BCUT2D eigenvalue weighted by Crippen LogP contribution is 2.25. The molecule has 0 bridgehead atoms. The first kappa shape index (κ1) is 16.9. The van der Waals surface area contributed by atoms with E-state index in [-0.39, 0.29) is 0 Å². The summed E-state index contributed by atoms with van der Waals surface area (Å²) in [5.41, 5.74) is 8.44. The van der Waals surface area contributed by atoms with Gasteiger partial charge in [0.2, 0.25) is 10.0 Å². The van der Waals surface area contributed by atoms with Crippen molar-refractivity contribution in [2.75, 3.05) is 39.0 Å². The Bertz CT molecular complexity index is 692. The summed E-state index contributed by atoms with van der Waals surface area (Å²) in [6, 6.07) is 0. The van der Waals surface area contributed by atoms with Crippen LogP contribution in [0.2, 0.25) is 0 Å². The molecule has 10 heteroatoms. The topological polar surface area (TPSA) is 107 Å². The number of piperazine rings is 1. The average Bonchev–Trinajstić information content (AvgIpc) is 2.58. The summed E-state index contributed by atoms with van der Waals surface area (Å²) < 4.78 is 24.8. The number of hydrazone groups is 1. The highest BCUT2D eigenvalue weighted by Gasteiger charge is 2.39. The van der Waals surface area contributed by atoms with Crippen molar-refractivity contribution in [3.63, 3.8) is 0 Å². The van der Waals surface area contributed by atoms with Crippen LogP contribution in [0.25, 0.3) is 0 Å². The van der Waals surface area contributed by atoms with Crippen molar-refractivity contribution in [1.82, 2.24) is 19.7 Å². The lowest BCUT2D eigenvalue weighted by Gasteiger charge is -2.44. The number of allylic oxidation sites excluding steroid dienone is 1. The van der Waals surface area contributed by atoms with E-state index in [9.17, 15) is 8.42 Å². The van der Waals surface area contributed by atoms with Gasteiger partial charge in [-0.1, -0.05) is 0 Å². The summed E-state index contributed by atoms with van der Waals surface area (Å²) in [6.07, 6.45) is 11.0. The second-order valence-electron chi connectivity index (χ2n) is 6.20. The third-order valence-corrected chi connectivity index (χ3v) is 5.70. The molecule has 0 spiro atoms. The molecule has 1 unspecified atom stereocenters. The first-order valence-corrected chi connectivity index (χ1v) is 9.68. The SMILES string of the molecule is CS(=O)(=O)N1CCN(CC2(N3N=CC=CN3)C=NC(N)=CC2)CC1. The molecule has 0 amide bonds. The molecule has 1 saturated heterocycles. The van der Waals surface area contributed by atoms with E-state index >= 15 is 0 Å². The molecular weight excluding hydrogens is 330 g/mol. The molecule has 1 fully saturated rings. The van der Waals surface area contributed by atoms with Crippen molar-refractivity contribution in [2.24, 2.45) is 15.8 Å². The standard InChI is InChI=1S/C14H23N7O2S/c1-24(22,23)20-9-7-19(8-10-20)12-14(4-3-13(15)16-11-14)21-17-5-2-6-18-21/h2-3,5-6,11,17H,4,7-10,12,15H2,1H3. The third-order valence-electron chi connectivity index (χ3n) is 4.40. The maximum Gasteiger partial charge on any atom is 0.211 e. The summed E-state index contributed by atoms with van der Waals surface area (Å²) in [7, 11) is -3.13. The van der Waals surface area contributed by atoms with E-state index in [1.54, 1.807) is 11.3 Å². The molecule has 3 heterocycles. The van der Waals surface area contributed by atoms with E-state index in [0.29, 0.717) is 45.0 Å². The van der Waals surface area contributed by atoms with Gasteiger partial charge in [0.1, 0.15) is 11.4 Å². The normalized spacial score (nSPS) is 28.7. The van der Waals surface area contributed by atoms with Crippen LogP contribution in [0, 0.1) is 0 Å². The zero-order valence-corrected chi connectivity index (χ0v) is 14.5. The molecule has 3 aliphatic heterocycles. The fourth-order valence-electron chi connectivity index (χ4n) is 3.04. The minimum Gasteiger partial charge on any atom is -0.384 e. The van der Waals surface area contributed by atoms with Crippen molar-refractivity contribution < 1.29 is 8.42 Å². The molecule has 0 aromatic carbocycles. The molecule has 0 aromatic heterocycles. The van der Waals surface area contributed by atoms with Crippen LogP contribution in [0.15, 0.2) is 34.3 Å². The molecule has 0 saturated carbocycles. The van der Waals surface area contributed by atoms with Gasteiger partial charge in [0.05, 0.1) is 12.5 Å². The number of nitrogens with one attached hydrogen (secondary N) is 1. The van der Waals surface area contributed by atoms with Gasteiger partial charge in [0, 0.05) is 51.6 Å². The van der Waals surface area contributed by atoms with E-state index < -0.39 is 15.6 Å². The Morgan fingerprint density at radius 2 is 2.08 bits per heavy atom. The Morgan fingerprint density at radius 1 is 1.33 bits per heavy atom. The second-order valence-corrected chi connectivity index (χ2v) is 8.18. The van der Waals surface area contributed by atoms with Crippen LogP contribution < -0.4 is 11.2 Å². The van der Waals surface area contributed by atoms with Gasteiger partial charge in [-0.3, -0.25) is 10.3 Å². The molecule has 3 rings (SSSR count). The molecule has 0 radical (unpaired) electrons. The lowest BCUT2D eigenvalue weighted by atomic mass is 9.93. The van der Waals surface area contributed by atoms with Crippen LogP contribution >= 0.6 is 0 Å². The van der Waals surface area contributed by atoms with Gasteiger partial charge in [0.25, 0.3) is 0 Å².